The molecule has 2 heterocycles. The third kappa shape index (κ3) is 7.94. The molecule has 2 aromatic heterocycles. The second-order valence-electron chi connectivity index (χ2n) is 14.4. The number of benzene rings is 2. The van der Waals surface area contributed by atoms with Crippen LogP contribution in [0.4, 0.5) is 0 Å². The molecule has 0 radical (unpaired) electrons. The third-order valence-electron chi connectivity index (χ3n) is 11.1. The summed E-state index contributed by atoms with van der Waals surface area (Å²) in [5.41, 5.74) is 4.37. The molecule has 2 atom stereocenters. The molecule has 264 valence electrons. The smallest absolute Gasteiger partial charge is 0.195 e. The summed E-state index contributed by atoms with van der Waals surface area (Å²) in [5.74, 6) is 1.05. The Morgan fingerprint density at radius 2 is 0.920 bits per heavy atom. The fourth-order valence-electron chi connectivity index (χ4n) is 8.05. The molecule has 0 amide bonds. The maximum atomic E-state index is 14.4. The molecular weight excluding hydrogens is 784 g/mol. The van der Waals surface area contributed by atoms with E-state index in [1.165, 1.54) is 86.1 Å². The lowest BCUT2D eigenvalue weighted by Crippen LogP contribution is -2.08. The van der Waals surface area contributed by atoms with Crippen molar-refractivity contribution in [3.05, 3.63) is 87.7 Å². The molecular formula is C44H50Br2O2S2. The molecule has 0 N–H and O–H groups in total. The molecule has 0 spiro atoms. The van der Waals surface area contributed by atoms with Crippen LogP contribution in [0.25, 0.3) is 53.2 Å². The first-order chi connectivity index (χ1) is 24.3. The number of fused-ring (bicyclic) bond motifs is 3. The number of halogens is 2. The molecule has 6 heteroatoms. The van der Waals surface area contributed by atoms with Gasteiger partial charge in [0.05, 0.1) is 7.57 Å². The minimum absolute atomic E-state index is 0.127. The second kappa shape index (κ2) is 17.1. The van der Waals surface area contributed by atoms with E-state index in [1.807, 2.05) is 12.1 Å². The molecule has 0 aliphatic carbocycles. The number of thiophene rings is 2. The molecule has 6 rings (SSSR count). The fraction of sp³-hybridized carbons (Fsp3) is 0.455. The molecule has 0 saturated heterocycles. The van der Waals surface area contributed by atoms with Crippen LogP contribution in [0.3, 0.4) is 0 Å². The maximum Gasteiger partial charge on any atom is 0.195 e. The lowest BCUT2D eigenvalue weighted by atomic mass is 9.83. The van der Waals surface area contributed by atoms with E-state index in [4.69, 9.17) is 0 Å². The summed E-state index contributed by atoms with van der Waals surface area (Å²) in [6, 6.07) is 16.9. The molecule has 2 unspecified atom stereocenters. The standard InChI is InChI=1S/C44H50Br2O2S2/c1-5-9-11-13-15-27(7-3)21-29-31-23-36-34(26-38(44(36)48)40-18-20-42(46)50-40)30(22-28(8-4)16-14-12-10-6-2)32(31)24-35-33(29)25-37(43(35)47)39-17-19-41(45)49-39/h17-20,23-28H,5-16,21-22H2,1-4H3. The highest BCUT2D eigenvalue weighted by atomic mass is 79.9. The SMILES string of the molecule is CCCCCCC(CC)Cc1c2cc3c(=O)c(-c4ccc(Br)s4)cc3c(CC(CC)CCCCCC)c2cc2c(=O)c(-c3ccc(Br)s3)cc12. The first kappa shape index (κ1) is 37.6. The van der Waals surface area contributed by atoms with Crippen molar-refractivity contribution in [3.8, 4) is 20.9 Å². The van der Waals surface area contributed by atoms with Gasteiger partial charge in [0.25, 0.3) is 0 Å². The average molecular weight is 835 g/mol. The van der Waals surface area contributed by atoms with Crippen LogP contribution in [0.15, 0.2) is 65.7 Å². The summed E-state index contributed by atoms with van der Waals surface area (Å²) in [5, 5.41) is 6.18. The fourth-order valence-corrected chi connectivity index (χ4v) is 10.9. The summed E-state index contributed by atoms with van der Waals surface area (Å²) in [6.45, 7) is 9.18. The van der Waals surface area contributed by atoms with Crippen LogP contribution in [0.2, 0.25) is 0 Å². The van der Waals surface area contributed by atoms with Gasteiger partial charge in [0.1, 0.15) is 0 Å². The van der Waals surface area contributed by atoms with Crippen molar-refractivity contribution in [2.75, 3.05) is 0 Å². The van der Waals surface area contributed by atoms with E-state index >= 15 is 0 Å². The Hall–Kier alpha value is -2.12. The summed E-state index contributed by atoms with van der Waals surface area (Å²) < 4.78 is 2.06. The number of hydrogen-bond donors (Lipinski definition) is 0. The van der Waals surface area contributed by atoms with E-state index in [0.717, 1.165) is 75.7 Å². The summed E-state index contributed by atoms with van der Waals surface area (Å²) in [7, 11) is 0. The van der Waals surface area contributed by atoms with Gasteiger partial charge in [0, 0.05) is 31.7 Å². The Morgan fingerprint density at radius 3 is 1.26 bits per heavy atom. The molecule has 2 nitrogen and oxygen atoms in total. The second-order valence-corrected chi connectivity index (χ2v) is 19.3. The van der Waals surface area contributed by atoms with Gasteiger partial charge in [0.15, 0.2) is 10.9 Å². The van der Waals surface area contributed by atoms with Gasteiger partial charge in [-0.05, 0) is 138 Å². The van der Waals surface area contributed by atoms with Crippen molar-refractivity contribution in [3.63, 3.8) is 0 Å². The quantitative estimate of drug-likeness (QED) is 0.0809. The van der Waals surface area contributed by atoms with E-state index in [0.29, 0.717) is 11.8 Å². The largest absolute Gasteiger partial charge is 0.289 e. The van der Waals surface area contributed by atoms with Crippen LogP contribution in [-0.2, 0) is 12.8 Å². The van der Waals surface area contributed by atoms with E-state index in [2.05, 4.69) is 96.0 Å². The summed E-state index contributed by atoms with van der Waals surface area (Å²) in [4.78, 5) is 30.8. The van der Waals surface area contributed by atoms with Crippen LogP contribution >= 0.6 is 54.5 Å². The average Bonchev–Trinajstić information content (AvgIpc) is 3.90. The van der Waals surface area contributed by atoms with Crippen LogP contribution < -0.4 is 10.9 Å². The predicted octanol–water partition coefficient (Wildman–Crippen LogP) is 14.8. The van der Waals surface area contributed by atoms with Gasteiger partial charge in [-0.15, -0.1) is 22.7 Å². The highest BCUT2D eigenvalue weighted by Crippen LogP contribution is 2.42. The van der Waals surface area contributed by atoms with Crippen molar-refractivity contribution in [2.45, 2.75) is 118 Å². The number of hydrogen-bond acceptors (Lipinski definition) is 4. The van der Waals surface area contributed by atoms with Crippen molar-refractivity contribution in [1.29, 1.82) is 0 Å². The van der Waals surface area contributed by atoms with Gasteiger partial charge >= 0.3 is 0 Å². The first-order valence-electron chi connectivity index (χ1n) is 19.0. The zero-order chi connectivity index (χ0) is 35.4. The monoisotopic (exact) mass is 832 g/mol. The molecule has 0 aliphatic rings. The molecule has 0 fully saturated rings. The lowest BCUT2D eigenvalue weighted by molar-refractivity contribution is 0.440. The molecule has 0 aliphatic heterocycles. The minimum Gasteiger partial charge on any atom is -0.289 e. The molecule has 0 saturated carbocycles. The third-order valence-corrected chi connectivity index (χ3v) is 14.4. The van der Waals surface area contributed by atoms with Crippen molar-refractivity contribution in [1.82, 2.24) is 0 Å². The number of rotatable bonds is 18. The van der Waals surface area contributed by atoms with E-state index in [9.17, 15) is 9.59 Å². The van der Waals surface area contributed by atoms with Crippen LogP contribution in [0.5, 0.6) is 0 Å². The van der Waals surface area contributed by atoms with E-state index in [-0.39, 0.29) is 10.9 Å². The van der Waals surface area contributed by atoms with Gasteiger partial charge < -0.3 is 0 Å². The lowest BCUT2D eigenvalue weighted by Gasteiger charge is -2.21. The molecule has 6 aromatic rings. The molecule has 0 bridgehead atoms. The molecule has 4 aromatic carbocycles. The van der Waals surface area contributed by atoms with Gasteiger partial charge in [-0.2, -0.15) is 0 Å². The predicted molar refractivity (Wildman–Crippen MR) is 228 cm³/mol. The van der Waals surface area contributed by atoms with Gasteiger partial charge in [0.2, 0.25) is 0 Å². The highest BCUT2D eigenvalue weighted by molar-refractivity contribution is 9.11. The summed E-state index contributed by atoms with van der Waals surface area (Å²) in [6.07, 6.45) is 16.5. The Bertz CT molecular complexity index is 2010. The highest BCUT2D eigenvalue weighted by Gasteiger charge is 2.25. The first-order valence-corrected chi connectivity index (χ1v) is 22.2. The topological polar surface area (TPSA) is 34.1 Å². The molecule has 50 heavy (non-hydrogen) atoms. The number of unbranched alkanes of at least 4 members (excludes halogenated alkanes) is 6. The van der Waals surface area contributed by atoms with E-state index < -0.39 is 0 Å². The van der Waals surface area contributed by atoms with Crippen molar-refractivity contribution < 1.29 is 0 Å². The Kier molecular flexibility index (Phi) is 12.9. The van der Waals surface area contributed by atoms with Crippen molar-refractivity contribution >= 4 is 86.9 Å². The Morgan fingerprint density at radius 1 is 0.520 bits per heavy atom. The Labute approximate surface area is 322 Å². The maximum absolute atomic E-state index is 14.4. The zero-order valence-corrected chi connectivity index (χ0v) is 34.9. The van der Waals surface area contributed by atoms with Gasteiger partial charge in [-0.25, -0.2) is 0 Å². The Balaban J connectivity index is 1.61. The minimum atomic E-state index is 0.127. The van der Waals surface area contributed by atoms with Gasteiger partial charge in [-0.3, -0.25) is 9.59 Å². The van der Waals surface area contributed by atoms with Gasteiger partial charge in [-0.1, -0.05) is 105 Å². The normalized spacial score (nSPS) is 13.3. The van der Waals surface area contributed by atoms with Crippen molar-refractivity contribution in [2.24, 2.45) is 11.8 Å². The van der Waals surface area contributed by atoms with Crippen LogP contribution in [0, 0.1) is 11.8 Å². The van der Waals surface area contributed by atoms with E-state index in [1.54, 1.807) is 22.7 Å². The van der Waals surface area contributed by atoms with Crippen LogP contribution in [0.1, 0.15) is 116 Å². The van der Waals surface area contributed by atoms with Crippen LogP contribution in [-0.4, -0.2) is 0 Å². The zero-order valence-electron chi connectivity index (χ0n) is 30.1. The summed E-state index contributed by atoms with van der Waals surface area (Å²) >= 11 is 10.5.